The third-order valence-electron chi connectivity index (χ3n) is 2.44. The summed E-state index contributed by atoms with van der Waals surface area (Å²) in [7, 11) is 1.59. The van der Waals surface area contributed by atoms with E-state index in [1.807, 2.05) is 12.1 Å². The van der Waals surface area contributed by atoms with Gasteiger partial charge in [-0.25, -0.2) is 0 Å². The second-order valence-corrected chi connectivity index (χ2v) is 4.08. The molecule has 0 saturated carbocycles. The molecule has 0 amide bonds. The first-order valence-electron chi connectivity index (χ1n) is 4.80. The predicted molar refractivity (Wildman–Crippen MR) is 58.0 cm³/mol. The van der Waals surface area contributed by atoms with Crippen molar-refractivity contribution in [3.05, 3.63) is 30.0 Å². The van der Waals surface area contributed by atoms with Gasteiger partial charge in [-0.3, -0.25) is 0 Å². The normalized spacial score (nSPS) is 12.0. The van der Waals surface area contributed by atoms with E-state index in [0.29, 0.717) is 11.3 Å². The molecule has 0 bridgehead atoms. The second kappa shape index (κ2) is 3.28. The van der Waals surface area contributed by atoms with Crippen LogP contribution in [0.1, 0.15) is 19.4 Å². The number of hydrogen-bond donors (Lipinski definition) is 1. The topological polar surface area (TPSA) is 42.6 Å². The Balaban J connectivity index is 2.69. The Labute approximate surface area is 88.3 Å². The molecule has 2 rings (SSSR count). The maximum absolute atomic E-state index is 9.92. The van der Waals surface area contributed by atoms with Gasteiger partial charge in [-0.1, -0.05) is 0 Å². The summed E-state index contributed by atoms with van der Waals surface area (Å²) < 4.78 is 10.5. The second-order valence-electron chi connectivity index (χ2n) is 4.08. The minimum atomic E-state index is -0.876. The lowest BCUT2D eigenvalue weighted by molar-refractivity contribution is 0.0785. The van der Waals surface area contributed by atoms with Gasteiger partial charge in [-0.2, -0.15) is 0 Å². The van der Waals surface area contributed by atoms with Crippen LogP contribution in [0.2, 0.25) is 0 Å². The van der Waals surface area contributed by atoms with Crippen molar-refractivity contribution in [3.63, 3.8) is 0 Å². The molecule has 0 saturated heterocycles. The molecule has 80 valence electrons. The molecule has 1 aromatic heterocycles. The zero-order chi connectivity index (χ0) is 11.1. The average Bonchev–Trinajstić information content (AvgIpc) is 2.62. The Morgan fingerprint density at radius 3 is 2.67 bits per heavy atom. The fraction of sp³-hybridized carbons (Fsp3) is 0.333. The highest BCUT2D eigenvalue weighted by molar-refractivity contribution is 5.84. The summed E-state index contributed by atoms with van der Waals surface area (Å²) in [6.07, 6.45) is 1.61. The SMILES string of the molecule is COc1cc(C(C)(C)O)cc2ccoc12. The van der Waals surface area contributed by atoms with E-state index in [0.717, 1.165) is 10.9 Å². The minimum absolute atomic E-state index is 0.648. The van der Waals surface area contributed by atoms with Gasteiger partial charge in [0.15, 0.2) is 11.3 Å². The molecule has 0 spiro atoms. The fourth-order valence-corrected chi connectivity index (χ4v) is 1.55. The van der Waals surface area contributed by atoms with Crippen LogP contribution < -0.4 is 4.74 Å². The van der Waals surface area contributed by atoms with E-state index in [4.69, 9.17) is 9.15 Å². The first-order chi connectivity index (χ1) is 7.02. The highest BCUT2D eigenvalue weighted by Crippen LogP contribution is 2.32. The number of hydrogen-bond acceptors (Lipinski definition) is 3. The van der Waals surface area contributed by atoms with Crippen LogP contribution in [-0.4, -0.2) is 12.2 Å². The quantitative estimate of drug-likeness (QED) is 0.821. The maximum atomic E-state index is 9.92. The van der Waals surface area contributed by atoms with Crippen molar-refractivity contribution < 1.29 is 14.3 Å². The molecule has 0 fully saturated rings. The third kappa shape index (κ3) is 1.70. The van der Waals surface area contributed by atoms with Crippen molar-refractivity contribution >= 4 is 11.0 Å². The van der Waals surface area contributed by atoms with E-state index >= 15 is 0 Å². The lowest BCUT2D eigenvalue weighted by atomic mass is 9.97. The summed E-state index contributed by atoms with van der Waals surface area (Å²) in [6.45, 7) is 3.49. The van der Waals surface area contributed by atoms with Gasteiger partial charge in [0, 0.05) is 5.39 Å². The van der Waals surface area contributed by atoms with Crippen LogP contribution in [0.25, 0.3) is 11.0 Å². The van der Waals surface area contributed by atoms with E-state index < -0.39 is 5.60 Å². The van der Waals surface area contributed by atoms with Crippen LogP contribution in [0, 0.1) is 0 Å². The molecule has 0 radical (unpaired) electrons. The third-order valence-corrected chi connectivity index (χ3v) is 2.44. The number of ether oxygens (including phenoxy) is 1. The van der Waals surface area contributed by atoms with Gasteiger partial charge in [-0.05, 0) is 37.6 Å². The van der Waals surface area contributed by atoms with Crippen LogP contribution in [-0.2, 0) is 5.60 Å². The van der Waals surface area contributed by atoms with Gasteiger partial charge in [0.25, 0.3) is 0 Å². The summed E-state index contributed by atoms with van der Waals surface area (Å²) >= 11 is 0. The highest BCUT2D eigenvalue weighted by atomic mass is 16.5. The van der Waals surface area contributed by atoms with Crippen molar-refractivity contribution in [2.75, 3.05) is 7.11 Å². The standard InChI is InChI=1S/C12H14O3/c1-12(2,13)9-6-8-4-5-15-11(8)10(7-9)14-3/h4-7,13H,1-3H3. The molecular weight excluding hydrogens is 192 g/mol. The summed E-state index contributed by atoms with van der Waals surface area (Å²) in [5.74, 6) is 0.648. The van der Waals surface area contributed by atoms with Gasteiger partial charge >= 0.3 is 0 Å². The van der Waals surface area contributed by atoms with Crippen LogP contribution in [0.5, 0.6) is 5.75 Å². The van der Waals surface area contributed by atoms with Gasteiger partial charge in [0.1, 0.15) is 0 Å². The van der Waals surface area contributed by atoms with Crippen LogP contribution in [0.4, 0.5) is 0 Å². The number of fused-ring (bicyclic) bond motifs is 1. The van der Waals surface area contributed by atoms with Crippen molar-refractivity contribution in [1.82, 2.24) is 0 Å². The van der Waals surface area contributed by atoms with Crippen molar-refractivity contribution in [1.29, 1.82) is 0 Å². The molecule has 3 nitrogen and oxygen atoms in total. The zero-order valence-electron chi connectivity index (χ0n) is 9.07. The molecule has 1 aromatic carbocycles. The first kappa shape index (κ1) is 10.1. The zero-order valence-corrected chi connectivity index (χ0v) is 9.07. The Morgan fingerprint density at radius 1 is 1.33 bits per heavy atom. The lowest BCUT2D eigenvalue weighted by Crippen LogP contribution is -2.15. The molecular formula is C12H14O3. The summed E-state index contributed by atoms with van der Waals surface area (Å²) in [4.78, 5) is 0. The van der Waals surface area contributed by atoms with Gasteiger partial charge in [-0.15, -0.1) is 0 Å². The summed E-state index contributed by atoms with van der Waals surface area (Å²) in [5.41, 5.74) is 0.650. The molecule has 2 aromatic rings. The van der Waals surface area contributed by atoms with E-state index in [1.165, 1.54) is 0 Å². The number of aliphatic hydroxyl groups is 1. The van der Waals surface area contributed by atoms with E-state index in [2.05, 4.69) is 0 Å². The number of methoxy groups -OCH3 is 1. The Kier molecular flexibility index (Phi) is 2.20. The van der Waals surface area contributed by atoms with Crippen molar-refractivity contribution in [2.45, 2.75) is 19.4 Å². The number of rotatable bonds is 2. The Bertz CT molecular complexity index is 477. The minimum Gasteiger partial charge on any atom is -0.493 e. The maximum Gasteiger partial charge on any atom is 0.175 e. The number of furan rings is 1. The van der Waals surface area contributed by atoms with Gasteiger partial charge in [0.2, 0.25) is 0 Å². The lowest BCUT2D eigenvalue weighted by Gasteiger charge is -2.18. The summed E-state index contributed by atoms with van der Waals surface area (Å²) in [6, 6.07) is 5.56. The van der Waals surface area contributed by atoms with Crippen LogP contribution in [0.15, 0.2) is 28.9 Å². The van der Waals surface area contributed by atoms with Crippen molar-refractivity contribution in [2.24, 2.45) is 0 Å². The predicted octanol–water partition coefficient (Wildman–Crippen LogP) is 2.67. The summed E-state index contributed by atoms with van der Waals surface area (Å²) in [5, 5.41) is 10.9. The smallest absolute Gasteiger partial charge is 0.175 e. The van der Waals surface area contributed by atoms with E-state index in [-0.39, 0.29) is 0 Å². The molecule has 0 aliphatic heterocycles. The largest absolute Gasteiger partial charge is 0.493 e. The number of benzene rings is 1. The Morgan fingerprint density at radius 2 is 2.07 bits per heavy atom. The molecule has 0 aliphatic rings. The monoisotopic (exact) mass is 206 g/mol. The van der Waals surface area contributed by atoms with Crippen LogP contribution >= 0.6 is 0 Å². The molecule has 15 heavy (non-hydrogen) atoms. The van der Waals surface area contributed by atoms with Gasteiger partial charge in [0.05, 0.1) is 19.0 Å². The van der Waals surface area contributed by atoms with E-state index in [9.17, 15) is 5.11 Å². The first-order valence-corrected chi connectivity index (χ1v) is 4.80. The molecule has 0 aliphatic carbocycles. The molecule has 3 heteroatoms. The van der Waals surface area contributed by atoms with Crippen LogP contribution in [0.3, 0.4) is 0 Å². The van der Waals surface area contributed by atoms with Crippen molar-refractivity contribution in [3.8, 4) is 5.75 Å². The molecule has 0 unspecified atom stereocenters. The molecule has 0 atom stereocenters. The van der Waals surface area contributed by atoms with Gasteiger partial charge < -0.3 is 14.3 Å². The fourth-order valence-electron chi connectivity index (χ4n) is 1.55. The Hall–Kier alpha value is -1.48. The average molecular weight is 206 g/mol. The highest BCUT2D eigenvalue weighted by Gasteiger charge is 2.19. The molecule has 1 N–H and O–H groups in total. The molecule has 1 heterocycles. The van der Waals surface area contributed by atoms with E-state index in [1.54, 1.807) is 33.3 Å².